The van der Waals surface area contributed by atoms with Crippen molar-refractivity contribution in [1.29, 1.82) is 0 Å². The molecule has 3 aromatic rings. The fourth-order valence-corrected chi connectivity index (χ4v) is 4.21. The Morgan fingerprint density at radius 2 is 1.50 bits per heavy atom. The van der Waals surface area contributed by atoms with Crippen molar-refractivity contribution in [2.24, 2.45) is 0 Å². The Balaban J connectivity index is 1.70. The fourth-order valence-electron chi connectivity index (χ4n) is 4.21. The first-order valence-corrected chi connectivity index (χ1v) is 8.68. The summed E-state index contributed by atoms with van der Waals surface area (Å²) in [5.41, 5.74) is -0.644. The minimum Gasteiger partial charge on any atom is -0.344 e. The van der Waals surface area contributed by atoms with E-state index in [1.807, 2.05) is 72.8 Å². The molecular formula is C22H17NO3. The fraction of sp³-hybridized carbons (Fsp3) is 0.182. The van der Waals surface area contributed by atoms with Crippen LogP contribution < -0.4 is 4.90 Å². The highest BCUT2D eigenvalue weighted by Crippen LogP contribution is 2.55. The van der Waals surface area contributed by atoms with Crippen molar-refractivity contribution in [2.45, 2.75) is 24.5 Å². The van der Waals surface area contributed by atoms with Gasteiger partial charge in [0.2, 0.25) is 0 Å². The number of anilines is 1. The maximum absolute atomic E-state index is 13.5. The summed E-state index contributed by atoms with van der Waals surface area (Å²) in [4.78, 5) is 27.9. The van der Waals surface area contributed by atoms with Crippen LogP contribution in [0.1, 0.15) is 18.9 Å². The van der Waals surface area contributed by atoms with Gasteiger partial charge in [0.05, 0.1) is 5.69 Å². The summed E-state index contributed by atoms with van der Waals surface area (Å²) in [6.45, 7) is 1.76. The van der Waals surface area contributed by atoms with E-state index in [4.69, 9.17) is 4.74 Å². The van der Waals surface area contributed by atoms with E-state index < -0.39 is 11.2 Å². The van der Waals surface area contributed by atoms with Gasteiger partial charge in [-0.25, -0.2) is 4.90 Å². The molecule has 2 amide bonds. The Kier molecular flexibility index (Phi) is 2.95. The third kappa shape index (κ3) is 1.82. The Hall–Kier alpha value is -2.98. The molecule has 3 aromatic carbocycles. The molecule has 0 spiro atoms. The minimum absolute atomic E-state index is 0.295. The third-order valence-electron chi connectivity index (χ3n) is 5.44. The van der Waals surface area contributed by atoms with Gasteiger partial charge in [-0.1, -0.05) is 66.7 Å². The van der Waals surface area contributed by atoms with Gasteiger partial charge in [-0.05, 0) is 23.9 Å². The molecule has 3 aliphatic rings. The second-order valence-corrected chi connectivity index (χ2v) is 7.15. The van der Waals surface area contributed by atoms with Crippen LogP contribution in [0.5, 0.6) is 0 Å². The molecule has 0 unspecified atom stereocenters. The summed E-state index contributed by atoms with van der Waals surface area (Å²) in [5, 5.41) is 1.87. The van der Waals surface area contributed by atoms with Crippen LogP contribution >= 0.6 is 0 Å². The lowest BCUT2D eigenvalue weighted by molar-refractivity contribution is -0.261. The predicted octanol–water partition coefficient (Wildman–Crippen LogP) is 3.79. The summed E-state index contributed by atoms with van der Waals surface area (Å²) in [5.74, 6) is -0.606. The molecule has 4 heteroatoms. The Morgan fingerprint density at radius 1 is 0.846 bits per heavy atom. The zero-order chi connectivity index (χ0) is 17.9. The van der Waals surface area contributed by atoms with Gasteiger partial charge in [-0.2, -0.15) is 0 Å². The van der Waals surface area contributed by atoms with Crippen molar-refractivity contribution >= 4 is 28.3 Å². The highest BCUT2D eigenvalue weighted by molar-refractivity contribution is 6.27. The van der Waals surface area contributed by atoms with Gasteiger partial charge >= 0.3 is 0 Å². The van der Waals surface area contributed by atoms with Gasteiger partial charge in [0.15, 0.2) is 5.60 Å². The van der Waals surface area contributed by atoms with E-state index in [1.54, 1.807) is 6.92 Å². The molecular weight excluding hydrogens is 326 g/mol. The minimum atomic E-state index is -1.08. The molecule has 26 heavy (non-hydrogen) atoms. The van der Waals surface area contributed by atoms with Crippen molar-refractivity contribution in [3.05, 3.63) is 78.4 Å². The number of ether oxygens (including phenoxy) is 1. The average molecular weight is 343 g/mol. The largest absolute Gasteiger partial charge is 0.344 e. The van der Waals surface area contributed by atoms with Crippen LogP contribution in [-0.4, -0.2) is 17.4 Å². The standard InChI is InChI=1S/C22H17NO3/c1-21-14-22(26-21,16-10-3-2-4-11-16)20(25)23(19(21)24)18-13-7-9-15-8-5-6-12-17(15)18/h2-13H,14H2,1H3/t21-,22-/m0/s1. The normalized spacial score (nSPS) is 27.5. The molecule has 4 nitrogen and oxygen atoms in total. The summed E-state index contributed by atoms with van der Waals surface area (Å²) in [6.07, 6.45) is 0.378. The molecule has 3 heterocycles. The van der Waals surface area contributed by atoms with E-state index >= 15 is 0 Å². The van der Waals surface area contributed by atoms with Gasteiger partial charge in [0.25, 0.3) is 11.8 Å². The third-order valence-corrected chi connectivity index (χ3v) is 5.44. The number of carbonyl (C=O) groups excluding carboxylic acids is 2. The van der Waals surface area contributed by atoms with Crippen molar-refractivity contribution in [1.82, 2.24) is 0 Å². The van der Waals surface area contributed by atoms with Gasteiger partial charge < -0.3 is 4.74 Å². The monoisotopic (exact) mass is 343 g/mol. The van der Waals surface area contributed by atoms with E-state index in [9.17, 15) is 9.59 Å². The Bertz CT molecular complexity index is 1050. The van der Waals surface area contributed by atoms with Crippen molar-refractivity contribution in [3.63, 3.8) is 0 Å². The average Bonchev–Trinajstić information content (AvgIpc) is 2.65. The first kappa shape index (κ1) is 15.3. The van der Waals surface area contributed by atoms with Gasteiger partial charge in [-0.3, -0.25) is 9.59 Å². The number of nitrogens with zero attached hydrogens (tertiary/aromatic N) is 1. The Morgan fingerprint density at radius 3 is 2.27 bits per heavy atom. The first-order valence-electron chi connectivity index (χ1n) is 8.68. The smallest absolute Gasteiger partial charge is 0.270 e. The quantitative estimate of drug-likeness (QED) is 0.665. The number of fused-ring (bicyclic) bond motifs is 3. The maximum Gasteiger partial charge on any atom is 0.270 e. The van der Waals surface area contributed by atoms with E-state index in [0.29, 0.717) is 12.1 Å². The molecule has 3 aliphatic heterocycles. The summed E-state index contributed by atoms with van der Waals surface area (Å²) >= 11 is 0. The topological polar surface area (TPSA) is 46.6 Å². The van der Waals surface area contributed by atoms with Crippen LogP contribution in [0, 0.1) is 0 Å². The number of morpholine rings is 1. The molecule has 0 radical (unpaired) electrons. The van der Waals surface area contributed by atoms with Gasteiger partial charge in [0, 0.05) is 11.8 Å². The molecule has 3 saturated heterocycles. The predicted molar refractivity (Wildman–Crippen MR) is 98.7 cm³/mol. The van der Waals surface area contributed by atoms with Crippen LogP contribution in [0.2, 0.25) is 0 Å². The number of imide groups is 1. The molecule has 3 fully saturated rings. The molecule has 2 bridgehead atoms. The van der Waals surface area contributed by atoms with E-state index in [2.05, 4.69) is 0 Å². The van der Waals surface area contributed by atoms with Crippen LogP contribution in [0.25, 0.3) is 10.8 Å². The lowest BCUT2D eigenvalue weighted by atomic mass is 9.70. The molecule has 0 aliphatic carbocycles. The second-order valence-electron chi connectivity index (χ2n) is 7.15. The maximum atomic E-state index is 13.5. The van der Waals surface area contributed by atoms with Gasteiger partial charge in [-0.15, -0.1) is 0 Å². The number of hydrogen-bond acceptors (Lipinski definition) is 3. The number of carbonyl (C=O) groups is 2. The molecule has 6 rings (SSSR count). The number of piperidine rings is 1. The SMILES string of the molecule is C[C@@]12C[C@@](c3ccccc3)(O1)C(=O)N(c1cccc3ccccc13)C2=O. The van der Waals surface area contributed by atoms with Crippen LogP contribution in [0.4, 0.5) is 5.69 Å². The summed E-state index contributed by atoms with van der Waals surface area (Å²) in [6, 6.07) is 22.9. The Labute approximate surface area is 151 Å². The van der Waals surface area contributed by atoms with Crippen molar-refractivity contribution in [3.8, 4) is 0 Å². The zero-order valence-electron chi connectivity index (χ0n) is 14.3. The van der Waals surface area contributed by atoms with Crippen LogP contribution in [-0.2, 0) is 19.9 Å². The van der Waals surface area contributed by atoms with Crippen LogP contribution in [0.3, 0.4) is 0 Å². The number of hydrogen-bond donors (Lipinski definition) is 0. The van der Waals surface area contributed by atoms with Gasteiger partial charge in [0.1, 0.15) is 5.60 Å². The molecule has 0 N–H and O–H groups in total. The van der Waals surface area contributed by atoms with Crippen molar-refractivity contribution in [2.75, 3.05) is 4.90 Å². The second kappa shape index (κ2) is 5.02. The van der Waals surface area contributed by atoms with Crippen LogP contribution in [0.15, 0.2) is 72.8 Å². The zero-order valence-corrected chi connectivity index (χ0v) is 14.3. The highest BCUT2D eigenvalue weighted by Gasteiger charge is 2.70. The molecule has 0 aromatic heterocycles. The highest BCUT2D eigenvalue weighted by atomic mass is 16.6. The number of rotatable bonds is 2. The molecule has 0 saturated carbocycles. The van der Waals surface area contributed by atoms with E-state index in [-0.39, 0.29) is 11.8 Å². The summed E-state index contributed by atoms with van der Waals surface area (Å²) in [7, 11) is 0. The lowest BCUT2D eigenvalue weighted by Crippen LogP contribution is -2.76. The van der Waals surface area contributed by atoms with E-state index in [0.717, 1.165) is 16.3 Å². The lowest BCUT2D eigenvalue weighted by Gasteiger charge is -2.59. The van der Waals surface area contributed by atoms with E-state index in [1.165, 1.54) is 4.90 Å². The number of benzene rings is 3. The molecule has 2 atom stereocenters. The number of amides is 2. The molecule has 128 valence electrons. The summed E-state index contributed by atoms with van der Waals surface area (Å²) < 4.78 is 5.98. The first-order chi connectivity index (χ1) is 12.6. The van der Waals surface area contributed by atoms with Crippen molar-refractivity contribution < 1.29 is 14.3 Å².